The van der Waals surface area contributed by atoms with Gasteiger partial charge in [-0.15, -0.1) is 0 Å². The zero-order valence-corrected chi connectivity index (χ0v) is 12.9. The Labute approximate surface area is 117 Å². The largest absolute Gasteiger partial charge is 0.368 e. The van der Waals surface area contributed by atoms with Crippen molar-refractivity contribution >= 4 is 0 Å². The predicted molar refractivity (Wildman–Crippen MR) is 75.9 cm³/mol. The van der Waals surface area contributed by atoms with E-state index in [-0.39, 0.29) is 17.2 Å². The molecule has 0 aliphatic carbocycles. The van der Waals surface area contributed by atoms with E-state index >= 15 is 0 Å². The molecule has 4 nitrogen and oxygen atoms in total. The molecule has 2 fully saturated rings. The Bertz CT molecular complexity index is 364. The van der Waals surface area contributed by atoms with Gasteiger partial charge in [-0.05, 0) is 41.0 Å². The third-order valence-electron chi connectivity index (χ3n) is 4.55. The molecule has 2 atom stereocenters. The van der Waals surface area contributed by atoms with Crippen LogP contribution < -0.4 is 0 Å². The molecule has 2 aliphatic rings. The summed E-state index contributed by atoms with van der Waals surface area (Å²) in [5, 5.41) is 8.99. The van der Waals surface area contributed by atoms with Crippen LogP contribution in [0.4, 0.5) is 0 Å². The van der Waals surface area contributed by atoms with Crippen molar-refractivity contribution in [3.8, 4) is 6.07 Å². The van der Waals surface area contributed by atoms with Crippen molar-refractivity contribution in [2.45, 2.75) is 64.3 Å². The highest BCUT2D eigenvalue weighted by Crippen LogP contribution is 2.40. The van der Waals surface area contributed by atoms with Gasteiger partial charge >= 0.3 is 0 Å². The fourth-order valence-electron chi connectivity index (χ4n) is 3.62. The first-order chi connectivity index (χ1) is 8.75. The average molecular weight is 265 g/mol. The van der Waals surface area contributed by atoms with Crippen LogP contribution in [0.25, 0.3) is 0 Å². The quantitative estimate of drug-likeness (QED) is 0.764. The summed E-state index contributed by atoms with van der Waals surface area (Å²) in [4.78, 5) is 4.82. The first kappa shape index (κ1) is 14.8. The lowest BCUT2D eigenvalue weighted by Crippen LogP contribution is -2.56. The maximum Gasteiger partial charge on any atom is 0.0950 e. The van der Waals surface area contributed by atoms with Gasteiger partial charge in [0.1, 0.15) is 0 Å². The molecule has 0 aromatic carbocycles. The summed E-state index contributed by atoms with van der Waals surface area (Å²) in [5.74, 6) is 0. The van der Waals surface area contributed by atoms with Crippen molar-refractivity contribution in [1.82, 2.24) is 9.80 Å². The van der Waals surface area contributed by atoms with Crippen molar-refractivity contribution < 1.29 is 4.74 Å². The summed E-state index contributed by atoms with van der Waals surface area (Å²) >= 11 is 0. The van der Waals surface area contributed by atoms with E-state index in [0.29, 0.717) is 6.04 Å². The highest BCUT2D eigenvalue weighted by atomic mass is 16.5. The van der Waals surface area contributed by atoms with Crippen molar-refractivity contribution in [3.05, 3.63) is 0 Å². The minimum atomic E-state index is -0.0769. The Morgan fingerprint density at radius 2 is 1.74 bits per heavy atom. The molecule has 2 heterocycles. The lowest BCUT2D eigenvalue weighted by Gasteiger charge is -2.42. The molecule has 2 unspecified atom stereocenters. The molecule has 0 aromatic heterocycles. The van der Waals surface area contributed by atoms with Crippen molar-refractivity contribution in [2.24, 2.45) is 0 Å². The monoisotopic (exact) mass is 265 g/mol. The van der Waals surface area contributed by atoms with Gasteiger partial charge in [-0.3, -0.25) is 9.80 Å². The summed E-state index contributed by atoms with van der Waals surface area (Å²) < 4.78 is 6.19. The van der Waals surface area contributed by atoms with Crippen LogP contribution in [0.5, 0.6) is 0 Å². The lowest BCUT2D eigenvalue weighted by molar-refractivity contribution is -0.0838. The van der Waals surface area contributed by atoms with Gasteiger partial charge in [-0.1, -0.05) is 0 Å². The first-order valence-electron chi connectivity index (χ1n) is 7.33. The lowest BCUT2D eigenvalue weighted by atomic mass is 9.92. The highest BCUT2D eigenvalue weighted by molar-refractivity contribution is 5.01. The number of hydrogen-bond donors (Lipinski definition) is 0. The molecule has 108 valence electrons. The smallest absolute Gasteiger partial charge is 0.0950 e. The summed E-state index contributed by atoms with van der Waals surface area (Å²) in [6.07, 6.45) is 1.09. The van der Waals surface area contributed by atoms with Gasteiger partial charge in [0.25, 0.3) is 0 Å². The summed E-state index contributed by atoms with van der Waals surface area (Å²) in [7, 11) is 0. The van der Waals surface area contributed by atoms with Gasteiger partial charge < -0.3 is 4.74 Å². The zero-order valence-electron chi connectivity index (χ0n) is 12.9. The van der Waals surface area contributed by atoms with E-state index in [1.54, 1.807) is 0 Å². The number of hydrogen-bond acceptors (Lipinski definition) is 4. The predicted octanol–water partition coefficient (Wildman–Crippen LogP) is 1.86. The molecule has 19 heavy (non-hydrogen) atoms. The number of nitriles is 1. The Morgan fingerprint density at radius 1 is 1.16 bits per heavy atom. The van der Waals surface area contributed by atoms with Crippen LogP contribution in [0.3, 0.4) is 0 Å². The van der Waals surface area contributed by atoms with Gasteiger partial charge in [0.05, 0.1) is 23.3 Å². The van der Waals surface area contributed by atoms with E-state index in [1.807, 2.05) is 6.92 Å². The molecule has 0 aromatic rings. The normalized spacial score (nSPS) is 32.9. The number of nitrogens with zero attached hydrogens (tertiary/aromatic N) is 3. The maximum absolute atomic E-state index is 8.99. The first-order valence-corrected chi connectivity index (χ1v) is 7.33. The van der Waals surface area contributed by atoms with Gasteiger partial charge in [-0.25, -0.2) is 0 Å². The third kappa shape index (κ3) is 3.10. The molecule has 0 spiro atoms. The van der Waals surface area contributed by atoms with Gasteiger partial charge in [-0.2, -0.15) is 5.26 Å². The second-order valence-electron chi connectivity index (χ2n) is 7.06. The average Bonchev–Trinajstić information content (AvgIpc) is 2.56. The minimum absolute atomic E-state index is 0.0226. The van der Waals surface area contributed by atoms with E-state index in [9.17, 15) is 0 Å². The van der Waals surface area contributed by atoms with Crippen molar-refractivity contribution in [2.75, 3.05) is 26.2 Å². The molecule has 0 radical (unpaired) electrons. The minimum Gasteiger partial charge on any atom is -0.368 e. The molecular weight excluding hydrogens is 238 g/mol. The van der Waals surface area contributed by atoms with E-state index < -0.39 is 0 Å². The Kier molecular flexibility index (Phi) is 3.92. The topological polar surface area (TPSA) is 39.5 Å². The van der Waals surface area contributed by atoms with Crippen molar-refractivity contribution in [1.29, 1.82) is 5.26 Å². The molecule has 0 amide bonds. The number of rotatable bonds is 2. The van der Waals surface area contributed by atoms with Crippen molar-refractivity contribution in [3.63, 3.8) is 0 Å². The fraction of sp³-hybridized carbons (Fsp3) is 0.933. The van der Waals surface area contributed by atoms with Gasteiger partial charge in [0.15, 0.2) is 0 Å². The Morgan fingerprint density at radius 3 is 2.16 bits per heavy atom. The van der Waals surface area contributed by atoms with Crippen LogP contribution in [0.1, 0.15) is 41.0 Å². The van der Waals surface area contributed by atoms with Crippen LogP contribution in [0.15, 0.2) is 0 Å². The Hall–Kier alpha value is -0.630. The molecule has 2 aliphatic heterocycles. The van der Waals surface area contributed by atoms with E-state index in [4.69, 9.17) is 10.00 Å². The molecule has 0 N–H and O–H groups in total. The molecule has 2 saturated heterocycles. The summed E-state index contributed by atoms with van der Waals surface area (Å²) in [6, 6.07) is 2.85. The molecule has 0 saturated carbocycles. The third-order valence-corrected chi connectivity index (χ3v) is 4.55. The van der Waals surface area contributed by atoms with Crippen LogP contribution in [-0.2, 0) is 4.74 Å². The zero-order chi connectivity index (χ0) is 14.3. The Balaban J connectivity index is 1.97. The molecular formula is C15H27N3O. The summed E-state index contributed by atoms with van der Waals surface area (Å²) in [6.45, 7) is 14.8. The number of ether oxygens (including phenoxy) is 1. The second-order valence-corrected chi connectivity index (χ2v) is 7.06. The van der Waals surface area contributed by atoms with Gasteiger partial charge in [0, 0.05) is 32.2 Å². The number of piperazine rings is 1. The standard InChI is InChI=1S/C15H27N3O/c1-12(11-16)17-6-8-18(9-7-17)13-10-14(2,3)19-15(13,4)5/h12-13H,6-10H2,1-5H3. The van der Waals surface area contributed by atoms with Gasteiger partial charge in [0.2, 0.25) is 0 Å². The highest BCUT2D eigenvalue weighted by Gasteiger charge is 2.48. The second kappa shape index (κ2) is 5.05. The molecule has 0 bridgehead atoms. The van der Waals surface area contributed by atoms with Crippen LogP contribution in [0.2, 0.25) is 0 Å². The molecule has 4 heteroatoms. The summed E-state index contributed by atoms with van der Waals surface area (Å²) in [5.41, 5.74) is -0.0994. The van der Waals surface area contributed by atoms with E-state index in [2.05, 4.69) is 43.6 Å². The van der Waals surface area contributed by atoms with E-state index in [1.165, 1.54) is 0 Å². The fourth-order valence-corrected chi connectivity index (χ4v) is 3.62. The van der Waals surface area contributed by atoms with E-state index in [0.717, 1.165) is 32.6 Å². The SMILES string of the molecule is CC(C#N)N1CCN(C2CC(C)(C)OC2(C)C)CC1. The molecule has 2 rings (SSSR count). The van der Waals surface area contributed by atoms with Crippen LogP contribution in [-0.4, -0.2) is 59.3 Å². The maximum atomic E-state index is 8.99. The van der Waals surface area contributed by atoms with Crippen LogP contribution >= 0.6 is 0 Å². The van der Waals surface area contributed by atoms with Crippen LogP contribution in [0, 0.1) is 11.3 Å².